The van der Waals surface area contributed by atoms with E-state index in [0.717, 1.165) is 24.7 Å². The molecule has 0 radical (unpaired) electrons. The average Bonchev–Trinajstić information content (AvgIpc) is 3.34. The van der Waals surface area contributed by atoms with Crippen LogP contribution in [0.2, 0.25) is 0 Å². The Balaban J connectivity index is 1.74. The maximum absolute atomic E-state index is 12.2. The van der Waals surface area contributed by atoms with Crippen molar-refractivity contribution in [3.05, 3.63) is 35.9 Å². The van der Waals surface area contributed by atoms with Crippen molar-refractivity contribution < 1.29 is 4.79 Å². The number of hydrogen-bond donors (Lipinski definition) is 2. The molecule has 1 unspecified atom stereocenters. The van der Waals surface area contributed by atoms with Gasteiger partial charge >= 0.3 is 0 Å². The monoisotopic (exact) mass is 289 g/mol. The Morgan fingerprint density at radius 2 is 2.10 bits per heavy atom. The van der Waals surface area contributed by atoms with Crippen molar-refractivity contribution in [1.29, 1.82) is 0 Å². The van der Waals surface area contributed by atoms with Gasteiger partial charge in [-0.2, -0.15) is 0 Å². The third kappa shape index (κ3) is 5.14. The minimum absolute atomic E-state index is 0.0770. The second-order valence-corrected chi connectivity index (χ2v) is 5.77. The molecule has 1 atom stereocenters. The maximum Gasteiger partial charge on any atom is 0.224 e. The first-order valence-electron chi connectivity index (χ1n) is 8.00. The summed E-state index contributed by atoms with van der Waals surface area (Å²) in [6, 6.07) is 10.8. The van der Waals surface area contributed by atoms with Gasteiger partial charge in [-0.3, -0.25) is 9.69 Å². The quantitative estimate of drug-likeness (QED) is 0.722. The third-order valence-corrected chi connectivity index (χ3v) is 4.15. The zero-order chi connectivity index (χ0) is 15.1. The SMILES string of the molecule is CCN(CCNC(=O)C(CN)Cc1ccccc1)C1CC1. The highest BCUT2D eigenvalue weighted by Crippen LogP contribution is 2.25. The smallest absolute Gasteiger partial charge is 0.224 e. The molecule has 1 aliphatic rings. The van der Waals surface area contributed by atoms with Crippen molar-refractivity contribution in [2.75, 3.05) is 26.2 Å². The number of carbonyl (C=O) groups excluding carboxylic acids is 1. The molecule has 116 valence electrons. The predicted octanol–water partition coefficient (Wildman–Crippen LogP) is 1.40. The number of benzene rings is 1. The molecule has 4 nitrogen and oxygen atoms in total. The van der Waals surface area contributed by atoms with Gasteiger partial charge in [0.25, 0.3) is 0 Å². The zero-order valence-electron chi connectivity index (χ0n) is 12.9. The molecule has 1 saturated carbocycles. The van der Waals surface area contributed by atoms with Gasteiger partial charge in [-0.15, -0.1) is 0 Å². The van der Waals surface area contributed by atoms with Crippen molar-refractivity contribution >= 4 is 5.91 Å². The molecular weight excluding hydrogens is 262 g/mol. The van der Waals surface area contributed by atoms with Gasteiger partial charge < -0.3 is 11.1 Å². The van der Waals surface area contributed by atoms with Crippen LogP contribution in [0.15, 0.2) is 30.3 Å². The van der Waals surface area contributed by atoms with Crippen molar-refractivity contribution in [2.24, 2.45) is 11.7 Å². The van der Waals surface area contributed by atoms with Crippen LogP contribution >= 0.6 is 0 Å². The highest BCUT2D eigenvalue weighted by molar-refractivity contribution is 5.79. The highest BCUT2D eigenvalue weighted by Gasteiger charge is 2.27. The van der Waals surface area contributed by atoms with Crippen LogP contribution in [0.3, 0.4) is 0 Å². The van der Waals surface area contributed by atoms with Gasteiger partial charge in [-0.1, -0.05) is 37.3 Å². The molecule has 3 N–H and O–H groups in total. The molecule has 1 fully saturated rings. The Kier molecular flexibility index (Phi) is 6.21. The number of likely N-dealkylation sites (N-methyl/N-ethyl adjacent to an activating group) is 1. The number of hydrogen-bond acceptors (Lipinski definition) is 3. The second-order valence-electron chi connectivity index (χ2n) is 5.77. The van der Waals surface area contributed by atoms with Crippen molar-refractivity contribution in [1.82, 2.24) is 10.2 Å². The van der Waals surface area contributed by atoms with Crippen molar-refractivity contribution in [3.63, 3.8) is 0 Å². The summed E-state index contributed by atoms with van der Waals surface area (Å²) in [7, 11) is 0. The molecular formula is C17H27N3O. The molecule has 0 heterocycles. The van der Waals surface area contributed by atoms with Crippen LogP contribution in [0, 0.1) is 5.92 Å². The highest BCUT2D eigenvalue weighted by atomic mass is 16.1. The van der Waals surface area contributed by atoms with E-state index in [1.165, 1.54) is 12.8 Å². The zero-order valence-corrected chi connectivity index (χ0v) is 12.9. The van der Waals surface area contributed by atoms with E-state index in [0.29, 0.717) is 19.5 Å². The Bertz CT molecular complexity index is 431. The fourth-order valence-electron chi connectivity index (χ4n) is 2.69. The van der Waals surface area contributed by atoms with Crippen LogP contribution < -0.4 is 11.1 Å². The summed E-state index contributed by atoms with van der Waals surface area (Å²) in [6.45, 7) is 5.29. The summed E-state index contributed by atoms with van der Waals surface area (Å²) in [4.78, 5) is 14.7. The lowest BCUT2D eigenvalue weighted by atomic mass is 9.98. The van der Waals surface area contributed by atoms with Crippen molar-refractivity contribution in [2.45, 2.75) is 32.2 Å². The summed E-state index contributed by atoms with van der Waals surface area (Å²) in [5.74, 6) is -0.0587. The topological polar surface area (TPSA) is 58.4 Å². The number of amides is 1. The summed E-state index contributed by atoms with van der Waals surface area (Å²) in [5, 5.41) is 3.04. The molecule has 0 aromatic heterocycles. The lowest BCUT2D eigenvalue weighted by molar-refractivity contribution is -0.124. The number of rotatable bonds is 9. The minimum atomic E-state index is -0.136. The van der Waals surface area contributed by atoms with Gasteiger partial charge in [0.2, 0.25) is 5.91 Å². The largest absolute Gasteiger partial charge is 0.355 e. The molecule has 1 aromatic rings. The van der Waals surface area contributed by atoms with Crippen LogP contribution in [0.5, 0.6) is 0 Å². The molecule has 0 bridgehead atoms. The van der Waals surface area contributed by atoms with E-state index in [1.807, 2.05) is 30.3 Å². The van der Waals surface area contributed by atoms with Crippen LogP contribution in [0.25, 0.3) is 0 Å². The van der Waals surface area contributed by atoms with E-state index in [4.69, 9.17) is 5.73 Å². The van der Waals surface area contributed by atoms with E-state index in [2.05, 4.69) is 17.1 Å². The summed E-state index contributed by atoms with van der Waals surface area (Å²) in [5.41, 5.74) is 6.93. The second kappa shape index (κ2) is 8.15. The predicted molar refractivity (Wildman–Crippen MR) is 86.0 cm³/mol. The normalized spacial score (nSPS) is 16.0. The molecule has 21 heavy (non-hydrogen) atoms. The molecule has 0 spiro atoms. The first-order chi connectivity index (χ1) is 10.2. The Hall–Kier alpha value is -1.39. The van der Waals surface area contributed by atoms with E-state index in [-0.39, 0.29) is 11.8 Å². The molecule has 1 aliphatic carbocycles. The maximum atomic E-state index is 12.2. The standard InChI is InChI=1S/C17H27N3O/c1-2-20(16-8-9-16)11-10-19-17(21)15(13-18)12-14-6-4-3-5-7-14/h3-7,15-16H,2,8-13,18H2,1H3,(H,19,21). The Morgan fingerprint density at radius 3 is 2.67 bits per heavy atom. The van der Waals surface area contributed by atoms with Crippen LogP contribution in [-0.4, -0.2) is 43.0 Å². The van der Waals surface area contributed by atoms with E-state index in [1.54, 1.807) is 0 Å². The summed E-state index contributed by atoms with van der Waals surface area (Å²) in [6.07, 6.45) is 3.33. The molecule has 2 rings (SSSR count). The third-order valence-electron chi connectivity index (χ3n) is 4.15. The van der Waals surface area contributed by atoms with Gasteiger partial charge in [-0.05, 0) is 31.4 Å². The van der Waals surface area contributed by atoms with E-state index >= 15 is 0 Å². The molecule has 0 aliphatic heterocycles. The van der Waals surface area contributed by atoms with Gasteiger partial charge in [0, 0.05) is 25.7 Å². The first kappa shape index (κ1) is 16.0. The van der Waals surface area contributed by atoms with Gasteiger partial charge in [0.1, 0.15) is 0 Å². The number of nitrogens with one attached hydrogen (secondary N) is 1. The Labute approximate surface area is 127 Å². The van der Waals surface area contributed by atoms with Crippen LogP contribution in [0.4, 0.5) is 0 Å². The molecule has 1 aromatic carbocycles. The molecule has 0 saturated heterocycles. The van der Waals surface area contributed by atoms with Gasteiger partial charge in [0.05, 0.1) is 5.92 Å². The first-order valence-corrected chi connectivity index (χ1v) is 8.00. The molecule has 1 amide bonds. The fourth-order valence-corrected chi connectivity index (χ4v) is 2.69. The lowest BCUT2D eigenvalue weighted by Crippen LogP contribution is -2.41. The van der Waals surface area contributed by atoms with E-state index < -0.39 is 0 Å². The number of nitrogens with zero attached hydrogens (tertiary/aromatic N) is 1. The summed E-state index contributed by atoms with van der Waals surface area (Å²) < 4.78 is 0. The average molecular weight is 289 g/mol. The lowest BCUT2D eigenvalue weighted by Gasteiger charge is -2.21. The van der Waals surface area contributed by atoms with Gasteiger partial charge in [0.15, 0.2) is 0 Å². The fraction of sp³-hybridized carbons (Fsp3) is 0.588. The van der Waals surface area contributed by atoms with Gasteiger partial charge in [-0.25, -0.2) is 0 Å². The molecule has 4 heteroatoms. The van der Waals surface area contributed by atoms with Crippen LogP contribution in [0.1, 0.15) is 25.3 Å². The van der Waals surface area contributed by atoms with E-state index in [9.17, 15) is 4.79 Å². The minimum Gasteiger partial charge on any atom is -0.355 e. The number of nitrogens with two attached hydrogens (primary N) is 1. The van der Waals surface area contributed by atoms with Crippen molar-refractivity contribution in [3.8, 4) is 0 Å². The van der Waals surface area contributed by atoms with Crippen LogP contribution in [-0.2, 0) is 11.2 Å². The Morgan fingerprint density at radius 1 is 1.38 bits per heavy atom. The number of carbonyl (C=O) groups is 1. The summed E-state index contributed by atoms with van der Waals surface area (Å²) >= 11 is 0.